The van der Waals surface area contributed by atoms with E-state index in [1.54, 1.807) is 12.1 Å². The number of nitro groups is 1. The molecule has 0 aliphatic rings. The average molecular weight is 219 g/mol. The monoisotopic (exact) mass is 219 g/mol. The van der Waals surface area contributed by atoms with Gasteiger partial charge in [0.2, 0.25) is 0 Å². The highest BCUT2D eigenvalue weighted by atomic mass is 16.6. The molecule has 0 saturated heterocycles. The van der Waals surface area contributed by atoms with E-state index in [0.29, 0.717) is 18.4 Å². The molecule has 16 heavy (non-hydrogen) atoms. The van der Waals surface area contributed by atoms with E-state index in [4.69, 9.17) is 5.11 Å². The summed E-state index contributed by atoms with van der Waals surface area (Å²) in [7, 11) is 0. The maximum absolute atomic E-state index is 10.7. The number of aliphatic hydroxyl groups is 1. The van der Waals surface area contributed by atoms with Crippen LogP contribution in [0.2, 0.25) is 0 Å². The lowest BCUT2D eigenvalue weighted by Crippen LogP contribution is -1.94. The molecule has 1 N–H and O–H groups in total. The van der Waals surface area contributed by atoms with Crippen LogP contribution in [0.4, 0.5) is 5.69 Å². The van der Waals surface area contributed by atoms with Crippen molar-refractivity contribution in [2.24, 2.45) is 0 Å². The summed E-state index contributed by atoms with van der Waals surface area (Å²) in [4.78, 5) is 10.3. The van der Waals surface area contributed by atoms with Crippen LogP contribution in [-0.2, 0) is 6.42 Å². The summed E-state index contributed by atoms with van der Waals surface area (Å²) in [5, 5.41) is 19.3. The minimum atomic E-state index is -0.385. The topological polar surface area (TPSA) is 63.4 Å². The Bertz CT molecular complexity index is 443. The van der Waals surface area contributed by atoms with E-state index in [1.165, 1.54) is 6.07 Å². The van der Waals surface area contributed by atoms with E-state index in [0.717, 1.165) is 5.56 Å². The third-order valence-electron chi connectivity index (χ3n) is 2.13. The van der Waals surface area contributed by atoms with Crippen molar-refractivity contribution in [2.45, 2.75) is 19.8 Å². The first-order valence-corrected chi connectivity index (χ1v) is 5.06. The van der Waals surface area contributed by atoms with Crippen LogP contribution in [0, 0.1) is 22.0 Å². The Morgan fingerprint density at radius 1 is 1.50 bits per heavy atom. The van der Waals surface area contributed by atoms with Crippen molar-refractivity contribution in [1.82, 2.24) is 0 Å². The predicted octanol–water partition coefficient (Wildman–Crippen LogP) is 1.89. The smallest absolute Gasteiger partial charge is 0.272 e. The summed E-state index contributed by atoms with van der Waals surface area (Å²) in [6.07, 6.45) is 1.02. The number of aliphatic hydroxyl groups excluding tert-OH is 1. The van der Waals surface area contributed by atoms with Gasteiger partial charge in [0.15, 0.2) is 0 Å². The molecule has 0 aromatic heterocycles. The van der Waals surface area contributed by atoms with Gasteiger partial charge in [-0.05, 0) is 18.6 Å². The molecule has 4 nitrogen and oxygen atoms in total. The number of rotatable bonds is 3. The van der Waals surface area contributed by atoms with E-state index in [-0.39, 0.29) is 17.2 Å². The third-order valence-corrected chi connectivity index (χ3v) is 2.13. The second-order valence-electron chi connectivity index (χ2n) is 3.23. The lowest BCUT2D eigenvalue weighted by atomic mass is 10.1. The van der Waals surface area contributed by atoms with Crippen LogP contribution in [0.3, 0.4) is 0 Å². The van der Waals surface area contributed by atoms with Crippen LogP contribution in [0.15, 0.2) is 18.2 Å². The van der Waals surface area contributed by atoms with E-state index >= 15 is 0 Å². The second kappa shape index (κ2) is 5.89. The first kappa shape index (κ1) is 12.2. The summed E-state index contributed by atoms with van der Waals surface area (Å²) in [5.74, 6) is 5.64. The lowest BCUT2D eigenvalue weighted by Gasteiger charge is -1.99. The number of hydrogen-bond acceptors (Lipinski definition) is 3. The van der Waals surface area contributed by atoms with Crippen molar-refractivity contribution >= 4 is 5.69 Å². The first-order chi connectivity index (χ1) is 7.69. The van der Waals surface area contributed by atoms with Crippen LogP contribution in [-0.4, -0.2) is 16.6 Å². The van der Waals surface area contributed by atoms with E-state index in [2.05, 4.69) is 11.8 Å². The van der Waals surface area contributed by atoms with Gasteiger partial charge in [0, 0.05) is 23.6 Å². The number of hydrogen-bond donors (Lipinski definition) is 1. The van der Waals surface area contributed by atoms with E-state index < -0.39 is 0 Å². The molecule has 0 aliphatic carbocycles. The van der Waals surface area contributed by atoms with Crippen LogP contribution in [0.25, 0.3) is 0 Å². The molecule has 0 spiro atoms. The van der Waals surface area contributed by atoms with Gasteiger partial charge in [-0.25, -0.2) is 0 Å². The zero-order valence-corrected chi connectivity index (χ0v) is 9.06. The molecule has 0 radical (unpaired) electrons. The molecule has 0 aliphatic heterocycles. The van der Waals surface area contributed by atoms with Crippen molar-refractivity contribution in [3.8, 4) is 11.8 Å². The van der Waals surface area contributed by atoms with Gasteiger partial charge in [-0.3, -0.25) is 10.1 Å². The van der Waals surface area contributed by atoms with Gasteiger partial charge in [0.25, 0.3) is 5.69 Å². The standard InChI is InChI=1S/C12H13NO3/c1-2-11-9-10(5-3-4-8-14)6-7-12(11)13(15)16/h6-7,9,14H,2,4,8H2,1H3. The van der Waals surface area contributed by atoms with Crippen molar-refractivity contribution in [2.75, 3.05) is 6.61 Å². The molecule has 0 saturated carbocycles. The SMILES string of the molecule is CCc1cc(C#CCCO)ccc1[N+](=O)[O-]. The third kappa shape index (κ3) is 3.07. The van der Waals surface area contributed by atoms with Crippen LogP contribution < -0.4 is 0 Å². The quantitative estimate of drug-likeness (QED) is 0.479. The highest BCUT2D eigenvalue weighted by molar-refractivity contribution is 5.47. The van der Waals surface area contributed by atoms with Crippen LogP contribution >= 0.6 is 0 Å². The predicted molar refractivity (Wildman–Crippen MR) is 61.1 cm³/mol. The molecule has 1 aromatic rings. The van der Waals surface area contributed by atoms with Gasteiger partial charge in [-0.1, -0.05) is 18.8 Å². The van der Waals surface area contributed by atoms with Crippen molar-refractivity contribution in [1.29, 1.82) is 0 Å². The van der Waals surface area contributed by atoms with Gasteiger partial charge < -0.3 is 5.11 Å². The Kier molecular flexibility index (Phi) is 4.49. The molecular formula is C12H13NO3. The number of nitrogens with zero attached hydrogens (tertiary/aromatic N) is 1. The highest BCUT2D eigenvalue weighted by Crippen LogP contribution is 2.19. The zero-order valence-electron chi connectivity index (χ0n) is 9.06. The zero-order chi connectivity index (χ0) is 12.0. The van der Waals surface area contributed by atoms with Gasteiger partial charge >= 0.3 is 0 Å². The number of benzene rings is 1. The number of nitro benzene ring substituents is 1. The molecule has 0 atom stereocenters. The number of aryl methyl sites for hydroxylation is 1. The van der Waals surface area contributed by atoms with Gasteiger partial charge in [0.1, 0.15) is 0 Å². The van der Waals surface area contributed by atoms with Crippen molar-refractivity contribution in [3.63, 3.8) is 0 Å². The normalized spacial score (nSPS) is 9.38. The Hall–Kier alpha value is -1.86. The van der Waals surface area contributed by atoms with Gasteiger partial charge in [0.05, 0.1) is 11.5 Å². The van der Waals surface area contributed by atoms with Crippen molar-refractivity contribution < 1.29 is 10.0 Å². The summed E-state index contributed by atoms with van der Waals surface area (Å²) >= 11 is 0. The summed E-state index contributed by atoms with van der Waals surface area (Å²) in [6, 6.07) is 4.83. The van der Waals surface area contributed by atoms with E-state index in [9.17, 15) is 10.1 Å². The largest absolute Gasteiger partial charge is 0.395 e. The fourth-order valence-electron chi connectivity index (χ4n) is 1.35. The summed E-state index contributed by atoms with van der Waals surface area (Å²) in [5.41, 5.74) is 1.56. The Balaban J connectivity index is 3.01. The van der Waals surface area contributed by atoms with Gasteiger partial charge in [-0.2, -0.15) is 0 Å². The minimum Gasteiger partial charge on any atom is -0.395 e. The fourth-order valence-corrected chi connectivity index (χ4v) is 1.35. The maximum Gasteiger partial charge on any atom is 0.272 e. The highest BCUT2D eigenvalue weighted by Gasteiger charge is 2.11. The van der Waals surface area contributed by atoms with Crippen LogP contribution in [0.5, 0.6) is 0 Å². The Morgan fingerprint density at radius 3 is 2.81 bits per heavy atom. The minimum absolute atomic E-state index is 0.0284. The van der Waals surface area contributed by atoms with Gasteiger partial charge in [-0.15, -0.1) is 0 Å². The molecule has 1 aromatic carbocycles. The Morgan fingerprint density at radius 2 is 2.25 bits per heavy atom. The molecule has 4 heteroatoms. The first-order valence-electron chi connectivity index (χ1n) is 5.06. The summed E-state index contributed by atoms with van der Waals surface area (Å²) < 4.78 is 0. The molecule has 0 bridgehead atoms. The fraction of sp³-hybridized carbons (Fsp3) is 0.333. The second-order valence-corrected chi connectivity index (χ2v) is 3.23. The van der Waals surface area contributed by atoms with E-state index in [1.807, 2.05) is 6.92 Å². The molecule has 0 unspecified atom stereocenters. The van der Waals surface area contributed by atoms with Crippen molar-refractivity contribution in [3.05, 3.63) is 39.4 Å². The molecule has 0 fully saturated rings. The van der Waals surface area contributed by atoms with Crippen LogP contribution in [0.1, 0.15) is 24.5 Å². The average Bonchev–Trinajstić information content (AvgIpc) is 2.29. The summed E-state index contributed by atoms with van der Waals surface area (Å²) in [6.45, 7) is 1.90. The molecule has 1 rings (SSSR count). The molecular weight excluding hydrogens is 206 g/mol. The lowest BCUT2D eigenvalue weighted by molar-refractivity contribution is -0.385. The molecule has 84 valence electrons. The molecule has 0 heterocycles. The molecule has 0 amide bonds. The maximum atomic E-state index is 10.7. The Labute approximate surface area is 94.1 Å².